The minimum atomic E-state index is -0.394. The van der Waals surface area contributed by atoms with E-state index in [-0.39, 0.29) is 5.91 Å². The lowest BCUT2D eigenvalue weighted by Gasteiger charge is -2.05. The second kappa shape index (κ2) is 8.35. The van der Waals surface area contributed by atoms with Crippen LogP contribution >= 0.6 is 0 Å². The number of benzene rings is 2. The fraction of sp³-hybridized carbons (Fsp3) is 0.136. The van der Waals surface area contributed by atoms with Crippen LogP contribution in [-0.2, 0) is 9.53 Å². The minimum absolute atomic E-state index is 0.254. The van der Waals surface area contributed by atoms with Crippen LogP contribution in [0.25, 0.3) is 11.8 Å². The molecule has 6 nitrogen and oxygen atoms in total. The fourth-order valence-electron chi connectivity index (χ4n) is 2.83. The summed E-state index contributed by atoms with van der Waals surface area (Å²) in [5.41, 5.74) is 4.49. The Hall–Kier alpha value is -3.67. The van der Waals surface area contributed by atoms with Gasteiger partial charge in [-0.2, -0.15) is 5.10 Å². The van der Waals surface area contributed by atoms with Gasteiger partial charge in [-0.05, 0) is 49.8 Å². The molecule has 0 bridgehead atoms. The minimum Gasteiger partial charge on any atom is -0.465 e. The van der Waals surface area contributed by atoms with E-state index in [0.717, 1.165) is 22.6 Å². The van der Waals surface area contributed by atoms with Crippen molar-refractivity contribution in [1.82, 2.24) is 9.78 Å². The number of amides is 1. The molecule has 0 unspecified atom stereocenters. The Morgan fingerprint density at radius 1 is 1.04 bits per heavy atom. The van der Waals surface area contributed by atoms with Crippen molar-refractivity contribution in [3.05, 3.63) is 83.2 Å². The standard InChI is InChI=1S/C22H21N3O3/c1-15-21(16(2)25(24-15)19-7-5-4-6-8-19)23-20(26)14-11-17-9-12-18(13-10-17)22(27)28-3/h4-14H,1-3H3,(H,23,26)/b14-11+. The van der Waals surface area contributed by atoms with Crippen molar-refractivity contribution >= 4 is 23.6 Å². The van der Waals surface area contributed by atoms with Crippen molar-refractivity contribution in [2.75, 3.05) is 12.4 Å². The summed E-state index contributed by atoms with van der Waals surface area (Å²) in [7, 11) is 1.34. The van der Waals surface area contributed by atoms with Gasteiger partial charge in [0.1, 0.15) is 0 Å². The molecule has 1 N–H and O–H groups in total. The Labute approximate surface area is 163 Å². The Bertz CT molecular complexity index is 1020. The van der Waals surface area contributed by atoms with E-state index < -0.39 is 5.97 Å². The highest BCUT2D eigenvalue weighted by atomic mass is 16.5. The highest BCUT2D eigenvalue weighted by Crippen LogP contribution is 2.22. The van der Waals surface area contributed by atoms with Gasteiger partial charge in [-0.25, -0.2) is 9.48 Å². The first-order valence-corrected chi connectivity index (χ1v) is 8.78. The molecule has 0 fully saturated rings. The van der Waals surface area contributed by atoms with E-state index in [1.54, 1.807) is 35.0 Å². The average molecular weight is 375 g/mol. The van der Waals surface area contributed by atoms with Crippen molar-refractivity contribution in [2.24, 2.45) is 0 Å². The van der Waals surface area contributed by atoms with Crippen molar-refractivity contribution in [3.8, 4) is 5.69 Å². The van der Waals surface area contributed by atoms with E-state index in [1.807, 2.05) is 44.2 Å². The number of hydrogen-bond acceptors (Lipinski definition) is 4. The largest absolute Gasteiger partial charge is 0.465 e. The molecule has 0 spiro atoms. The predicted octanol–water partition coefficient (Wildman–Crippen LogP) is 3.93. The number of rotatable bonds is 5. The molecule has 1 amide bonds. The normalized spacial score (nSPS) is 10.8. The number of carbonyl (C=O) groups is 2. The van der Waals surface area contributed by atoms with Gasteiger partial charge >= 0.3 is 5.97 Å². The number of nitrogens with zero attached hydrogens (tertiary/aromatic N) is 2. The zero-order valence-corrected chi connectivity index (χ0v) is 16.0. The molecule has 28 heavy (non-hydrogen) atoms. The third-order valence-electron chi connectivity index (χ3n) is 4.30. The van der Waals surface area contributed by atoms with E-state index in [1.165, 1.54) is 13.2 Å². The number of ether oxygens (including phenoxy) is 1. The lowest BCUT2D eigenvalue weighted by atomic mass is 10.1. The Kier molecular flexibility index (Phi) is 5.69. The van der Waals surface area contributed by atoms with Crippen LogP contribution in [0.3, 0.4) is 0 Å². The molecule has 0 aliphatic rings. The first-order chi connectivity index (χ1) is 13.5. The molecular formula is C22H21N3O3. The van der Waals surface area contributed by atoms with Gasteiger partial charge in [-0.15, -0.1) is 0 Å². The van der Waals surface area contributed by atoms with E-state index in [2.05, 4.69) is 15.2 Å². The van der Waals surface area contributed by atoms with E-state index >= 15 is 0 Å². The second-order valence-corrected chi connectivity index (χ2v) is 6.23. The SMILES string of the molecule is COC(=O)c1ccc(/C=C/C(=O)Nc2c(C)nn(-c3ccccc3)c2C)cc1. The Balaban J connectivity index is 1.72. The summed E-state index contributed by atoms with van der Waals surface area (Å²) >= 11 is 0. The predicted molar refractivity (Wildman–Crippen MR) is 108 cm³/mol. The van der Waals surface area contributed by atoms with E-state index in [0.29, 0.717) is 11.3 Å². The fourth-order valence-corrected chi connectivity index (χ4v) is 2.83. The molecule has 0 radical (unpaired) electrons. The summed E-state index contributed by atoms with van der Waals surface area (Å²) in [4.78, 5) is 23.8. The van der Waals surface area contributed by atoms with E-state index in [4.69, 9.17) is 0 Å². The second-order valence-electron chi connectivity index (χ2n) is 6.23. The lowest BCUT2D eigenvalue weighted by Crippen LogP contribution is -2.09. The molecule has 0 saturated carbocycles. The number of carbonyl (C=O) groups excluding carboxylic acids is 2. The molecule has 3 rings (SSSR count). The summed E-state index contributed by atoms with van der Waals surface area (Å²) in [6, 6.07) is 16.6. The van der Waals surface area contributed by atoms with Gasteiger partial charge in [-0.3, -0.25) is 4.79 Å². The highest BCUT2D eigenvalue weighted by molar-refractivity contribution is 6.02. The van der Waals surface area contributed by atoms with Crippen molar-refractivity contribution in [1.29, 1.82) is 0 Å². The van der Waals surface area contributed by atoms with Crippen molar-refractivity contribution in [3.63, 3.8) is 0 Å². The molecule has 2 aromatic carbocycles. The van der Waals surface area contributed by atoms with Gasteiger partial charge in [0, 0.05) is 6.08 Å². The summed E-state index contributed by atoms with van der Waals surface area (Å²) in [5.74, 6) is -0.648. The molecule has 1 heterocycles. The smallest absolute Gasteiger partial charge is 0.337 e. The quantitative estimate of drug-likeness (QED) is 0.542. The molecule has 6 heteroatoms. The van der Waals surface area contributed by atoms with Gasteiger partial charge in [0.05, 0.1) is 35.4 Å². The van der Waals surface area contributed by atoms with Crippen LogP contribution in [0.5, 0.6) is 0 Å². The van der Waals surface area contributed by atoms with Crippen molar-refractivity contribution in [2.45, 2.75) is 13.8 Å². The number of methoxy groups -OCH3 is 1. The summed E-state index contributed by atoms with van der Waals surface area (Å²) in [6.07, 6.45) is 3.13. The summed E-state index contributed by atoms with van der Waals surface area (Å²) < 4.78 is 6.47. The first kappa shape index (κ1) is 19.1. The third-order valence-corrected chi connectivity index (χ3v) is 4.30. The molecule has 0 aliphatic carbocycles. The average Bonchev–Trinajstić information content (AvgIpc) is 3.01. The number of aromatic nitrogens is 2. The maximum absolute atomic E-state index is 12.3. The molecule has 1 aromatic heterocycles. The molecule has 142 valence electrons. The molecular weight excluding hydrogens is 354 g/mol. The molecule has 0 saturated heterocycles. The van der Waals surface area contributed by atoms with Gasteiger partial charge < -0.3 is 10.1 Å². The highest BCUT2D eigenvalue weighted by Gasteiger charge is 2.14. The Morgan fingerprint density at radius 3 is 2.36 bits per heavy atom. The Morgan fingerprint density at radius 2 is 1.71 bits per heavy atom. The summed E-state index contributed by atoms with van der Waals surface area (Å²) in [5, 5.41) is 7.41. The maximum atomic E-state index is 12.3. The van der Waals surface area contributed by atoms with E-state index in [9.17, 15) is 9.59 Å². The number of nitrogens with one attached hydrogen (secondary N) is 1. The van der Waals surface area contributed by atoms with Gasteiger partial charge in [-0.1, -0.05) is 30.3 Å². The van der Waals surface area contributed by atoms with Gasteiger partial charge in [0.25, 0.3) is 0 Å². The number of aryl methyl sites for hydroxylation is 1. The number of esters is 1. The summed E-state index contributed by atoms with van der Waals surface area (Å²) in [6.45, 7) is 3.77. The van der Waals surface area contributed by atoms with Crippen LogP contribution in [0, 0.1) is 13.8 Å². The van der Waals surface area contributed by atoms with Crippen LogP contribution in [0.4, 0.5) is 5.69 Å². The lowest BCUT2D eigenvalue weighted by molar-refractivity contribution is -0.111. The number of hydrogen-bond donors (Lipinski definition) is 1. The number of para-hydroxylation sites is 1. The van der Waals surface area contributed by atoms with Crippen LogP contribution in [0.1, 0.15) is 27.3 Å². The first-order valence-electron chi connectivity index (χ1n) is 8.78. The maximum Gasteiger partial charge on any atom is 0.337 e. The zero-order valence-electron chi connectivity index (χ0n) is 16.0. The molecule has 3 aromatic rings. The molecule has 0 atom stereocenters. The monoisotopic (exact) mass is 375 g/mol. The van der Waals surface area contributed by atoms with Crippen LogP contribution in [-0.4, -0.2) is 28.8 Å². The molecule has 0 aliphatic heterocycles. The topological polar surface area (TPSA) is 73.2 Å². The van der Waals surface area contributed by atoms with Crippen LogP contribution < -0.4 is 5.32 Å². The van der Waals surface area contributed by atoms with Gasteiger partial charge in [0.15, 0.2) is 0 Å². The number of anilines is 1. The van der Waals surface area contributed by atoms with Gasteiger partial charge in [0.2, 0.25) is 5.91 Å². The zero-order chi connectivity index (χ0) is 20.1. The third kappa shape index (κ3) is 4.17. The van der Waals surface area contributed by atoms with Crippen LogP contribution in [0.2, 0.25) is 0 Å². The van der Waals surface area contributed by atoms with Crippen LogP contribution in [0.15, 0.2) is 60.7 Å². The van der Waals surface area contributed by atoms with Crippen molar-refractivity contribution < 1.29 is 14.3 Å².